The molecule has 0 aliphatic carbocycles. The summed E-state index contributed by atoms with van der Waals surface area (Å²) in [7, 11) is -3.54. The maximum absolute atomic E-state index is 12.1. The molecule has 3 N–H and O–H groups in total. The topological polar surface area (TPSA) is 99.7 Å². The van der Waals surface area contributed by atoms with Gasteiger partial charge in [-0.1, -0.05) is 12.1 Å². The van der Waals surface area contributed by atoms with Gasteiger partial charge in [-0.05, 0) is 57.3 Å². The molecule has 0 radical (unpaired) electrons. The number of rotatable bonds is 6. The summed E-state index contributed by atoms with van der Waals surface area (Å²) in [6, 6.07) is 6.41. The minimum atomic E-state index is -3.54. The molecule has 1 amide bonds. The van der Waals surface area contributed by atoms with Gasteiger partial charge in [-0.25, -0.2) is 8.42 Å². The first kappa shape index (κ1) is 18.8. The average molecular weight is 378 g/mol. The van der Waals surface area contributed by atoms with Gasteiger partial charge in [-0.15, -0.1) is 0 Å². The van der Waals surface area contributed by atoms with Crippen LogP contribution in [0.3, 0.4) is 0 Å². The molecule has 2 aliphatic rings. The molecule has 26 heavy (non-hydrogen) atoms. The van der Waals surface area contributed by atoms with Crippen molar-refractivity contribution in [3.05, 3.63) is 29.8 Å². The number of sulfonamides is 1. The Morgan fingerprint density at radius 2 is 2.19 bits per heavy atom. The molecule has 1 aromatic carbocycles. The third kappa shape index (κ3) is 4.62. The Morgan fingerprint density at radius 3 is 2.96 bits per heavy atom. The van der Waals surface area contributed by atoms with Gasteiger partial charge >= 0.3 is 0 Å². The lowest BCUT2D eigenvalue weighted by Gasteiger charge is -2.22. The van der Waals surface area contributed by atoms with E-state index in [4.69, 9.17) is 0 Å². The molecule has 2 atom stereocenters. The zero-order chi connectivity index (χ0) is 18.6. The highest BCUT2D eigenvalue weighted by molar-refractivity contribution is 7.90. The number of fused-ring (bicyclic) bond motifs is 1. The van der Waals surface area contributed by atoms with E-state index in [0.717, 1.165) is 19.5 Å². The lowest BCUT2D eigenvalue weighted by Crippen LogP contribution is -2.34. The van der Waals surface area contributed by atoms with Crippen LogP contribution in [-0.4, -0.2) is 45.8 Å². The van der Waals surface area contributed by atoms with Crippen molar-refractivity contribution in [3.8, 4) is 0 Å². The number of carbonyl (C=O) groups is 1. The van der Waals surface area contributed by atoms with Gasteiger partial charge in [0.15, 0.2) is 0 Å². The van der Waals surface area contributed by atoms with E-state index in [1.54, 1.807) is 24.3 Å². The zero-order valence-corrected chi connectivity index (χ0v) is 15.8. The highest BCUT2D eigenvalue weighted by Crippen LogP contribution is 2.22. The van der Waals surface area contributed by atoms with Crippen LogP contribution in [0.1, 0.15) is 38.2 Å². The van der Waals surface area contributed by atoms with Gasteiger partial charge in [-0.2, -0.15) is 0 Å². The summed E-state index contributed by atoms with van der Waals surface area (Å²) in [5.41, 5.74) is 0.560. The fourth-order valence-corrected chi connectivity index (χ4v) is 4.66. The molecule has 0 saturated carbocycles. The fraction of sp³-hybridized carbons (Fsp3) is 0.556. The molecular formula is C18H26N4O3S. The van der Waals surface area contributed by atoms with Crippen molar-refractivity contribution in [1.29, 1.82) is 0 Å². The van der Waals surface area contributed by atoms with Gasteiger partial charge < -0.3 is 10.6 Å². The Labute approximate surface area is 154 Å². The third-order valence-electron chi connectivity index (χ3n) is 4.77. The van der Waals surface area contributed by atoms with E-state index >= 15 is 0 Å². The number of amides is 1. The molecule has 2 heterocycles. The van der Waals surface area contributed by atoms with E-state index in [1.165, 1.54) is 12.8 Å². The fourth-order valence-electron chi connectivity index (χ4n) is 3.42. The van der Waals surface area contributed by atoms with Gasteiger partial charge in [0.25, 0.3) is 10.0 Å². The van der Waals surface area contributed by atoms with Gasteiger partial charge in [0.05, 0.1) is 10.9 Å². The first-order valence-electron chi connectivity index (χ1n) is 9.13. The predicted octanol–water partition coefficient (Wildman–Crippen LogP) is 1.01. The Balaban J connectivity index is 1.51. The number of amidine groups is 1. The minimum Gasteiger partial charge on any atom is -0.356 e. The van der Waals surface area contributed by atoms with E-state index in [9.17, 15) is 13.2 Å². The third-order valence-corrected chi connectivity index (χ3v) is 6.16. The van der Waals surface area contributed by atoms with Crippen LogP contribution in [0, 0.1) is 5.92 Å². The summed E-state index contributed by atoms with van der Waals surface area (Å²) >= 11 is 0. The number of benzene rings is 1. The van der Waals surface area contributed by atoms with E-state index in [-0.39, 0.29) is 23.3 Å². The van der Waals surface area contributed by atoms with E-state index in [2.05, 4.69) is 20.3 Å². The predicted molar refractivity (Wildman–Crippen MR) is 101 cm³/mol. The molecular weight excluding hydrogens is 352 g/mol. The van der Waals surface area contributed by atoms with Crippen molar-refractivity contribution in [2.24, 2.45) is 10.9 Å². The van der Waals surface area contributed by atoms with Crippen LogP contribution >= 0.6 is 0 Å². The van der Waals surface area contributed by atoms with Crippen molar-refractivity contribution in [3.63, 3.8) is 0 Å². The van der Waals surface area contributed by atoms with Gasteiger partial charge in [0.2, 0.25) is 5.91 Å². The maximum atomic E-state index is 12.1. The van der Waals surface area contributed by atoms with Crippen LogP contribution in [0.25, 0.3) is 0 Å². The van der Waals surface area contributed by atoms with Crippen LogP contribution in [0.4, 0.5) is 0 Å². The summed E-state index contributed by atoms with van der Waals surface area (Å²) in [6.07, 6.45) is 3.63. The summed E-state index contributed by atoms with van der Waals surface area (Å²) in [5, 5.41) is 6.32. The smallest absolute Gasteiger partial charge is 0.263 e. The van der Waals surface area contributed by atoms with E-state index in [1.807, 2.05) is 6.92 Å². The van der Waals surface area contributed by atoms with Crippen LogP contribution in [0.2, 0.25) is 0 Å². The first-order valence-corrected chi connectivity index (χ1v) is 10.6. The number of carbonyl (C=O) groups excluding carboxylic acids is 1. The van der Waals surface area contributed by atoms with Crippen molar-refractivity contribution in [1.82, 2.24) is 15.4 Å². The second-order valence-corrected chi connectivity index (χ2v) is 8.63. The second-order valence-electron chi connectivity index (χ2n) is 6.98. The Bertz CT molecular complexity index is 785. The van der Waals surface area contributed by atoms with E-state index in [0.29, 0.717) is 23.9 Å². The Morgan fingerprint density at radius 1 is 1.38 bits per heavy atom. The van der Waals surface area contributed by atoms with Crippen molar-refractivity contribution < 1.29 is 13.2 Å². The lowest BCUT2D eigenvalue weighted by atomic mass is 9.96. The number of nitrogens with one attached hydrogen (secondary N) is 3. The Kier molecular flexibility index (Phi) is 5.93. The summed E-state index contributed by atoms with van der Waals surface area (Å²) in [5.74, 6) is 0.889. The molecule has 2 unspecified atom stereocenters. The van der Waals surface area contributed by atoms with Gasteiger partial charge in [0, 0.05) is 18.5 Å². The highest BCUT2D eigenvalue weighted by Gasteiger charge is 2.30. The van der Waals surface area contributed by atoms with Gasteiger partial charge in [0.1, 0.15) is 5.84 Å². The van der Waals surface area contributed by atoms with Gasteiger partial charge in [-0.3, -0.25) is 14.5 Å². The molecule has 3 rings (SSSR count). The van der Waals surface area contributed by atoms with Crippen LogP contribution < -0.4 is 15.4 Å². The van der Waals surface area contributed by atoms with E-state index < -0.39 is 10.0 Å². The molecule has 8 heteroatoms. The van der Waals surface area contributed by atoms with Crippen LogP contribution in [-0.2, 0) is 14.8 Å². The molecule has 7 nitrogen and oxygen atoms in total. The molecule has 0 bridgehead atoms. The number of piperidine rings is 1. The summed E-state index contributed by atoms with van der Waals surface area (Å²) in [4.78, 5) is 16.7. The first-order chi connectivity index (χ1) is 12.5. The molecule has 0 aromatic heterocycles. The zero-order valence-electron chi connectivity index (χ0n) is 15.0. The van der Waals surface area contributed by atoms with Crippen molar-refractivity contribution in [2.45, 2.75) is 43.5 Å². The number of hydrogen-bond acceptors (Lipinski definition) is 5. The lowest BCUT2D eigenvalue weighted by molar-refractivity contribution is -0.121. The summed E-state index contributed by atoms with van der Waals surface area (Å²) in [6.45, 7) is 4.60. The van der Waals surface area contributed by atoms with Crippen LogP contribution in [0.15, 0.2) is 34.2 Å². The number of aliphatic imine (C=N–C) groups is 1. The SMILES string of the molecule is CC(CC(=O)NCCC1CCCNC1)N=C1NS(=O)(=O)c2ccccc21. The monoisotopic (exact) mass is 378 g/mol. The molecule has 1 aromatic rings. The molecule has 1 saturated heterocycles. The molecule has 2 aliphatic heterocycles. The molecule has 0 spiro atoms. The normalized spacial score (nSPS) is 23.9. The minimum absolute atomic E-state index is 0.0558. The summed E-state index contributed by atoms with van der Waals surface area (Å²) < 4.78 is 26.6. The van der Waals surface area contributed by atoms with Crippen LogP contribution in [0.5, 0.6) is 0 Å². The van der Waals surface area contributed by atoms with Crippen molar-refractivity contribution in [2.75, 3.05) is 19.6 Å². The quantitative estimate of drug-likeness (QED) is 0.688. The maximum Gasteiger partial charge on any atom is 0.263 e. The molecule has 142 valence electrons. The number of hydrogen-bond donors (Lipinski definition) is 3. The highest BCUT2D eigenvalue weighted by atomic mass is 32.2. The largest absolute Gasteiger partial charge is 0.356 e. The molecule has 1 fully saturated rings. The standard InChI is InChI=1S/C18H26N4O3S/c1-13(11-17(23)20-10-8-14-5-4-9-19-12-14)21-18-15-6-2-3-7-16(15)26(24,25)22-18/h2-3,6-7,13-14,19H,4-5,8-12H2,1H3,(H,20,23)(H,21,22). The average Bonchev–Trinajstić information content (AvgIpc) is 2.86. The Hall–Kier alpha value is -1.93. The van der Waals surface area contributed by atoms with Crippen molar-refractivity contribution >= 4 is 21.8 Å². The number of nitrogens with zero attached hydrogens (tertiary/aromatic N) is 1. The second kappa shape index (κ2) is 8.18.